The van der Waals surface area contributed by atoms with E-state index in [1.807, 2.05) is 0 Å². The van der Waals surface area contributed by atoms with Crippen molar-refractivity contribution in [3.8, 4) is 0 Å². The van der Waals surface area contributed by atoms with Crippen LogP contribution in [-0.4, -0.2) is 44.1 Å². The average Bonchev–Trinajstić information content (AvgIpc) is 2.74. The van der Waals surface area contributed by atoms with Crippen molar-refractivity contribution in [1.29, 1.82) is 0 Å². The predicted octanol–water partition coefficient (Wildman–Crippen LogP) is -0.183. The number of nitrogens with two attached hydrogens (primary N) is 2. The third-order valence-corrected chi connectivity index (χ3v) is 3.79. The van der Waals surface area contributed by atoms with Gasteiger partial charge in [0.05, 0.1) is 11.8 Å². The predicted molar refractivity (Wildman–Crippen MR) is 72.9 cm³/mol. The molecule has 0 aliphatic carbocycles. The summed E-state index contributed by atoms with van der Waals surface area (Å²) in [6.07, 6.45) is 3.68. The summed E-state index contributed by atoms with van der Waals surface area (Å²) in [6, 6.07) is -0.506. The summed E-state index contributed by atoms with van der Waals surface area (Å²) < 4.78 is 21.4. The molecule has 0 saturated carbocycles. The van der Waals surface area contributed by atoms with Crippen LogP contribution in [0.15, 0.2) is 0 Å². The fourth-order valence-corrected chi connectivity index (χ4v) is 2.57. The largest absolute Gasteiger partial charge is 0.341 e. The Balaban J connectivity index is 0.00000289. The van der Waals surface area contributed by atoms with E-state index in [-0.39, 0.29) is 24.1 Å². The van der Waals surface area contributed by atoms with Gasteiger partial charge in [-0.25, -0.2) is 13.6 Å². The second kappa shape index (κ2) is 7.93. The highest BCUT2D eigenvalue weighted by atomic mass is 35.5. The van der Waals surface area contributed by atoms with Crippen LogP contribution in [0.1, 0.15) is 32.1 Å². The Labute approximate surface area is 115 Å². The van der Waals surface area contributed by atoms with E-state index in [9.17, 15) is 13.2 Å². The molecule has 108 valence electrons. The first kappa shape index (κ1) is 17.6. The highest BCUT2D eigenvalue weighted by Crippen LogP contribution is 2.11. The summed E-state index contributed by atoms with van der Waals surface area (Å²) >= 11 is 0. The third kappa shape index (κ3) is 6.53. The molecule has 1 amide bonds. The minimum absolute atomic E-state index is 0. The van der Waals surface area contributed by atoms with Gasteiger partial charge in [-0.2, -0.15) is 0 Å². The topological polar surface area (TPSA) is 106 Å². The van der Waals surface area contributed by atoms with Gasteiger partial charge in [0.2, 0.25) is 15.9 Å². The first-order valence-electron chi connectivity index (χ1n) is 5.95. The van der Waals surface area contributed by atoms with Crippen LogP contribution in [0, 0.1) is 0 Å². The molecule has 1 heterocycles. The van der Waals surface area contributed by atoms with Crippen molar-refractivity contribution in [2.75, 3.05) is 18.8 Å². The molecule has 4 N–H and O–H groups in total. The summed E-state index contributed by atoms with van der Waals surface area (Å²) in [5.74, 6) is -0.0597. The zero-order valence-corrected chi connectivity index (χ0v) is 12.0. The van der Waals surface area contributed by atoms with E-state index in [4.69, 9.17) is 10.9 Å². The average molecular weight is 300 g/mol. The second-order valence-electron chi connectivity index (χ2n) is 4.50. The number of primary sulfonamides is 1. The number of carbonyl (C=O) groups is 1. The number of hydrogen-bond donors (Lipinski definition) is 2. The maximum Gasteiger partial charge on any atom is 0.239 e. The Morgan fingerprint density at radius 2 is 1.78 bits per heavy atom. The van der Waals surface area contributed by atoms with Gasteiger partial charge in [-0.3, -0.25) is 4.79 Å². The molecule has 0 aromatic heterocycles. The quantitative estimate of drug-likeness (QED) is 0.663. The maximum atomic E-state index is 11.8. The van der Waals surface area contributed by atoms with Crippen molar-refractivity contribution in [2.45, 2.75) is 38.1 Å². The lowest BCUT2D eigenvalue weighted by Gasteiger charge is -2.19. The standard InChI is InChI=1S/C10H21N3O3S.ClH/c11-9(5-1-4-8-17(12,15)16)10(14)13-6-2-3-7-13;/h9H,1-8,11H2,(H2,12,15,16);1H. The number of hydrogen-bond acceptors (Lipinski definition) is 4. The fraction of sp³-hybridized carbons (Fsp3) is 0.900. The van der Waals surface area contributed by atoms with Gasteiger partial charge in [0.15, 0.2) is 0 Å². The first-order valence-corrected chi connectivity index (χ1v) is 7.66. The van der Waals surface area contributed by atoms with Gasteiger partial charge in [0.1, 0.15) is 0 Å². The van der Waals surface area contributed by atoms with Crippen LogP contribution in [0.5, 0.6) is 0 Å². The van der Waals surface area contributed by atoms with Gasteiger partial charge in [-0.15, -0.1) is 12.4 Å². The van der Waals surface area contributed by atoms with Crippen LogP contribution in [0.3, 0.4) is 0 Å². The zero-order valence-electron chi connectivity index (χ0n) is 10.4. The number of likely N-dealkylation sites (tertiary alicyclic amines) is 1. The van der Waals surface area contributed by atoms with Crippen molar-refractivity contribution in [3.63, 3.8) is 0 Å². The van der Waals surface area contributed by atoms with E-state index in [1.54, 1.807) is 4.90 Å². The summed E-state index contributed by atoms with van der Waals surface area (Å²) in [4.78, 5) is 13.6. The molecule has 8 heteroatoms. The Hall–Kier alpha value is -0.370. The van der Waals surface area contributed by atoms with Crippen LogP contribution in [0.4, 0.5) is 0 Å². The molecule has 6 nitrogen and oxygen atoms in total. The van der Waals surface area contributed by atoms with Gasteiger partial charge >= 0.3 is 0 Å². The Bertz CT molecular complexity index is 355. The van der Waals surface area contributed by atoms with E-state index >= 15 is 0 Å². The maximum absolute atomic E-state index is 11.8. The van der Waals surface area contributed by atoms with E-state index in [0.29, 0.717) is 19.3 Å². The van der Waals surface area contributed by atoms with Gasteiger partial charge in [0, 0.05) is 13.1 Å². The summed E-state index contributed by atoms with van der Waals surface area (Å²) in [6.45, 7) is 1.59. The normalized spacial score (nSPS) is 17.3. The Kier molecular flexibility index (Phi) is 7.77. The van der Waals surface area contributed by atoms with Gasteiger partial charge in [-0.1, -0.05) is 6.42 Å². The number of amides is 1. The minimum Gasteiger partial charge on any atom is -0.341 e. The number of unbranched alkanes of at least 4 members (excludes halogenated alkanes) is 1. The van der Waals surface area contributed by atoms with Crippen LogP contribution < -0.4 is 10.9 Å². The third-order valence-electron chi connectivity index (χ3n) is 2.93. The van der Waals surface area contributed by atoms with Crippen molar-refractivity contribution < 1.29 is 13.2 Å². The SMILES string of the molecule is Cl.NC(CCCCS(N)(=O)=O)C(=O)N1CCCC1. The van der Waals surface area contributed by atoms with Crippen LogP contribution >= 0.6 is 12.4 Å². The Morgan fingerprint density at radius 1 is 1.22 bits per heavy atom. The molecule has 0 bridgehead atoms. The number of carbonyl (C=O) groups excluding carboxylic acids is 1. The number of sulfonamides is 1. The zero-order chi connectivity index (χ0) is 12.9. The van der Waals surface area contributed by atoms with Gasteiger partial charge < -0.3 is 10.6 Å². The molecule has 0 radical (unpaired) electrons. The molecule has 18 heavy (non-hydrogen) atoms. The Morgan fingerprint density at radius 3 is 2.28 bits per heavy atom. The summed E-state index contributed by atoms with van der Waals surface area (Å²) in [7, 11) is -3.39. The van der Waals surface area contributed by atoms with E-state index in [1.165, 1.54) is 0 Å². The number of rotatable bonds is 6. The van der Waals surface area contributed by atoms with Crippen molar-refractivity contribution in [3.05, 3.63) is 0 Å². The highest BCUT2D eigenvalue weighted by molar-refractivity contribution is 7.89. The van der Waals surface area contributed by atoms with Crippen LogP contribution in [0.2, 0.25) is 0 Å². The van der Waals surface area contributed by atoms with Crippen LogP contribution in [0.25, 0.3) is 0 Å². The molecule has 1 rings (SSSR count). The molecule has 0 spiro atoms. The molecule has 0 aromatic carbocycles. The smallest absolute Gasteiger partial charge is 0.239 e. The lowest BCUT2D eigenvalue weighted by Crippen LogP contribution is -2.42. The molecule has 0 aromatic rings. The van der Waals surface area contributed by atoms with Gasteiger partial charge in [-0.05, 0) is 25.7 Å². The van der Waals surface area contributed by atoms with Gasteiger partial charge in [0.25, 0.3) is 0 Å². The summed E-state index contributed by atoms with van der Waals surface area (Å²) in [5, 5.41) is 4.88. The lowest BCUT2D eigenvalue weighted by molar-refractivity contribution is -0.131. The molecule has 1 aliphatic rings. The van der Waals surface area contributed by atoms with Crippen molar-refractivity contribution in [2.24, 2.45) is 10.9 Å². The molecule has 1 saturated heterocycles. The summed E-state index contributed by atoms with van der Waals surface area (Å²) in [5.41, 5.74) is 5.77. The minimum atomic E-state index is -3.39. The molecule has 1 unspecified atom stereocenters. The van der Waals surface area contributed by atoms with E-state index in [0.717, 1.165) is 25.9 Å². The van der Waals surface area contributed by atoms with E-state index in [2.05, 4.69) is 0 Å². The van der Waals surface area contributed by atoms with E-state index < -0.39 is 16.1 Å². The highest BCUT2D eigenvalue weighted by Gasteiger charge is 2.23. The number of nitrogens with zero attached hydrogens (tertiary/aromatic N) is 1. The molecular formula is C10H22ClN3O3S. The monoisotopic (exact) mass is 299 g/mol. The molecule has 1 atom stereocenters. The molecule has 1 fully saturated rings. The molecular weight excluding hydrogens is 278 g/mol. The van der Waals surface area contributed by atoms with Crippen molar-refractivity contribution in [1.82, 2.24) is 4.90 Å². The van der Waals surface area contributed by atoms with Crippen molar-refractivity contribution >= 4 is 28.3 Å². The molecule has 1 aliphatic heterocycles. The lowest BCUT2D eigenvalue weighted by atomic mass is 10.1. The second-order valence-corrected chi connectivity index (χ2v) is 6.24. The number of halogens is 1. The first-order chi connectivity index (χ1) is 7.90. The van der Waals surface area contributed by atoms with Crippen LogP contribution in [-0.2, 0) is 14.8 Å². The fourth-order valence-electron chi connectivity index (χ4n) is 1.96.